The van der Waals surface area contributed by atoms with Crippen LogP contribution < -0.4 is 14.8 Å². The molecule has 2 aromatic carbocycles. The Bertz CT molecular complexity index is 852. The average molecular weight is 485 g/mol. The summed E-state index contributed by atoms with van der Waals surface area (Å²) in [5.74, 6) is 4.38. The van der Waals surface area contributed by atoms with Gasteiger partial charge in [0, 0.05) is 18.7 Å². The molecule has 1 saturated heterocycles. The summed E-state index contributed by atoms with van der Waals surface area (Å²) in [4.78, 5) is 12.3. The lowest BCUT2D eigenvalue weighted by Gasteiger charge is -2.33. The summed E-state index contributed by atoms with van der Waals surface area (Å²) >= 11 is 0. The maximum Gasteiger partial charge on any atom is 0.293 e. The van der Waals surface area contributed by atoms with Crippen LogP contribution in [0.25, 0.3) is 0 Å². The van der Waals surface area contributed by atoms with Crippen molar-refractivity contribution in [2.75, 3.05) is 39.7 Å². The van der Waals surface area contributed by atoms with Crippen LogP contribution >= 0.6 is 0 Å². The van der Waals surface area contributed by atoms with Gasteiger partial charge in [0.25, 0.3) is 6.47 Å². The Hall–Kier alpha value is -3.17. The van der Waals surface area contributed by atoms with Crippen molar-refractivity contribution in [3.05, 3.63) is 54.1 Å². The zero-order valence-electron chi connectivity index (χ0n) is 22.7. The highest BCUT2D eigenvalue weighted by Gasteiger charge is 2.24. The Balaban J connectivity index is 0.000000612. The smallest absolute Gasteiger partial charge is 0.293 e. The summed E-state index contributed by atoms with van der Waals surface area (Å²) in [5, 5.41) is 3.45. The Morgan fingerprint density at radius 3 is 2.31 bits per heavy atom. The number of hydrogen-bond acceptors (Lipinski definition) is 6. The Morgan fingerprint density at radius 2 is 1.77 bits per heavy atom. The minimum Gasteiger partial charge on any atom is -0.497 e. The number of nitrogens with zero attached hydrogens (tertiary/aromatic N) is 1. The van der Waals surface area contributed by atoms with Gasteiger partial charge in [-0.1, -0.05) is 51.1 Å². The molecule has 2 unspecified atom stereocenters. The summed E-state index contributed by atoms with van der Waals surface area (Å²) in [5.41, 5.74) is 2.16. The second-order valence-corrected chi connectivity index (χ2v) is 7.93. The molecule has 1 N–H and O–H groups in total. The average Bonchev–Trinajstić information content (AvgIpc) is 2.89. The van der Waals surface area contributed by atoms with Gasteiger partial charge in [-0.2, -0.15) is 0 Å². The number of carbonyl (C=O) groups excluding carboxylic acids is 1. The first-order valence-electron chi connectivity index (χ1n) is 12.1. The number of hydrogen-bond donors (Lipinski definition) is 1. The van der Waals surface area contributed by atoms with Crippen LogP contribution in [0.1, 0.15) is 52.6 Å². The molecule has 2 aromatic rings. The molecule has 1 aliphatic heterocycles. The van der Waals surface area contributed by atoms with Gasteiger partial charge in [0.15, 0.2) is 0 Å². The minimum atomic E-state index is 0.103. The van der Waals surface area contributed by atoms with E-state index in [0.29, 0.717) is 12.4 Å². The largest absolute Gasteiger partial charge is 0.497 e. The SMILES string of the molecule is C#CC.CC.CC1CCN(C)C[C@@H]1OC=O.COc1ccc(OC)c(NC(C)c2ccccc2)c1. The zero-order chi connectivity index (χ0) is 26.6. The fourth-order valence-corrected chi connectivity index (χ4v) is 3.42. The molecule has 6 heteroatoms. The van der Waals surface area contributed by atoms with E-state index in [1.54, 1.807) is 21.1 Å². The van der Waals surface area contributed by atoms with Gasteiger partial charge in [-0.05, 0) is 57.5 Å². The molecule has 0 saturated carbocycles. The highest BCUT2D eigenvalue weighted by Crippen LogP contribution is 2.31. The van der Waals surface area contributed by atoms with Gasteiger partial charge in [-0.3, -0.25) is 4.79 Å². The predicted octanol–water partition coefficient (Wildman–Crippen LogP) is 6.04. The summed E-state index contributed by atoms with van der Waals surface area (Å²) in [6.45, 7) is 12.4. The van der Waals surface area contributed by atoms with Crippen molar-refractivity contribution in [3.63, 3.8) is 0 Å². The van der Waals surface area contributed by atoms with Crippen LogP contribution in [0.3, 0.4) is 0 Å². The molecule has 1 fully saturated rings. The van der Waals surface area contributed by atoms with E-state index in [2.05, 4.69) is 48.5 Å². The molecule has 0 radical (unpaired) electrons. The maximum absolute atomic E-state index is 10.1. The van der Waals surface area contributed by atoms with Crippen molar-refractivity contribution in [1.82, 2.24) is 4.90 Å². The van der Waals surface area contributed by atoms with Gasteiger partial charge in [-0.25, -0.2) is 0 Å². The molecule has 0 aliphatic carbocycles. The van der Waals surface area contributed by atoms with Gasteiger partial charge < -0.3 is 24.4 Å². The Labute approximate surface area is 213 Å². The number of piperidine rings is 1. The number of terminal acetylenes is 1. The molecule has 194 valence electrons. The zero-order valence-corrected chi connectivity index (χ0v) is 22.7. The summed E-state index contributed by atoms with van der Waals surface area (Å²) in [6, 6.07) is 16.2. The van der Waals surface area contributed by atoms with Crippen molar-refractivity contribution < 1.29 is 19.0 Å². The topological polar surface area (TPSA) is 60.0 Å². The first-order valence-corrected chi connectivity index (χ1v) is 12.1. The van der Waals surface area contributed by atoms with E-state index in [4.69, 9.17) is 14.2 Å². The van der Waals surface area contributed by atoms with E-state index < -0.39 is 0 Å². The van der Waals surface area contributed by atoms with E-state index in [-0.39, 0.29) is 12.1 Å². The minimum absolute atomic E-state index is 0.103. The third kappa shape index (κ3) is 12.2. The van der Waals surface area contributed by atoms with Crippen LogP contribution in [0, 0.1) is 18.3 Å². The highest BCUT2D eigenvalue weighted by molar-refractivity contribution is 5.60. The lowest BCUT2D eigenvalue weighted by atomic mass is 9.96. The molecule has 0 spiro atoms. The van der Waals surface area contributed by atoms with Crippen LogP contribution in [0.15, 0.2) is 48.5 Å². The second kappa shape index (κ2) is 19.2. The molecule has 1 heterocycles. The molecule has 35 heavy (non-hydrogen) atoms. The van der Waals surface area contributed by atoms with Crippen molar-refractivity contribution in [2.24, 2.45) is 5.92 Å². The lowest BCUT2D eigenvalue weighted by Crippen LogP contribution is -2.41. The Morgan fingerprint density at radius 1 is 1.14 bits per heavy atom. The van der Waals surface area contributed by atoms with E-state index in [0.717, 1.165) is 36.7 Å². The number of rotatable bonds is 7. The molecule has 0 bridgehead atoms. The van der Waals surface area contributed by atoms with Crippen LogP contribution in [0.2, 0.25) is 0 Å². The van der Waals surface area contributed by atoms with Gasteiger partial charge in [0.05, 0.1) is 19.9 Å². The number of ether oxygens (including phenoxy) is 3. The van der Waals surface area contributed by atoms with Crippen molar-refractivity contribution >= 4 is 12.2 Å². The number of methoxy groups -OCH3 is 2. The number of likely N-dealkylation sites (tertiary alicyclic amines) is 1. The third-order valence-electron chi connectivity index (χ3n) is 5.40. The fourth-order valence-electron chi connectivity index (χ4n) is 3.42. The number of carbonyl (C=O) groups is 1. The number of likely N-dealkylation sites (N-methyl/N-ethyl adjacent to an activating group) is 1. The first kappa shape index (κ1) is 31.8. The van der Waals surface area contributed by atoms with Crippen molar-refractivity contribution in [3.8, 4) is 23.8 Å². The summed E-state index contributed by atoms with van der Waals surface area (Å²) < 4.78 is 15.6. The van der Waals surface area contributed by atoms with Crippen molar-refractivity contribution in [2.45, 2.75) is 53.2 Å². The highest BCUT2D eigenvalue weighted by atomic mass is 16.5. The number of anilines is 1. The van der Waals surface area contributed by atoms with Crippen LogP contribution in [0.4, 0.5) is 5.69 Å². The predicted molar refractivity (Wildman–Crippen MR) is 146 cm³/mol. The van der Waals surface area contributed by atoms with Gasteiger partial charge in [-0.15, -0.1) is 12.3 Å². The standard InChI is InChI=1S/C16H19NO2.C8H15NO2.C3H4.C2H6/c1-12(13-7-5-4-6-8-13)17-15-11-14(18-2)9-10-16(15)19-3;1-7-3-4-9(2)5-8(7)11-6-10;1-3-2;1-2/h4-12,17H,1-3H3;6-8H,3-5H2,1-2H3;1H,2H3;1-2H3/t;7?,8-;;/m.0../s1. The number of nitrogens with one attached hydrogen (secondary N) is 1. The fraction of sp³-hybridized carbons (Fsp3) is 0.483. The van der Waals surface area contributed by atoms with E-state index in [1.165, 1.54) is 5.56 Å². The lowest BCUT2D eigenvalue weighted by molar-refractivity contribution is -0.138. The van der Waals surface area contributed by atoms with Crippen molar-refractivity contribution in [1.29, 1.82) is 0 Å². The maximum atomic E-state index is 10.1. The van der Waals surface area contributed by atoms with E-state index in [9.17, 15) is 4.79 Å². The van der Waals surface area contributed by atoms with Gasteiger partial charge >= 0.3 is 0 Å². The monoisotopic (exact) mass is 484 g/mol. The molecular formula is C29H44N2O4. The molecule has 6 nitrogen and oxygen atoms in total. The Kier molecular flexibility index (Phi) is 17.4. The van der Waals surface area contributed by atoms with Crippen LogP contribution in [0.5, 0.6) is 11.5 Å². The summed E-state index contributed by atoms with van der Waals surface area (Å²) in [7, 11) is 5.37. The summed E-state index contributed by atoms with van der Waals surface area (Å²) in [6.07, 6.45) is 5.82. The number of benzene rings is 2. The normalized spacial score (nSPS) is 17.2. The van der Waals surface area contributed by atoms with Crippen LogP contribution in [-0.2, 0) is 9.53 Å². The van der Waals surface area contributed by atoms with E-state index >= 15 is 0 Å². The van der Waals surface area contributed by atoms with E-state index in [1.807, 2.05) is 57.3 Å². The molecular weight excluding hydrogens is 440 g/mol. The van der Waals surface area contributed by atoms with Gasteiger partial charge in [0.2, 0.25) is 0 Å². The molecule has 1 aliphatic rings. The third-order valence-corrected chi connectivity index (χ3v) is 5.40. The molecule has 0 aromatic heterocycles. The quantitative estimate of drug-likeness (QED) is 0.382. The molecule has 0 amide bonds. The molecule has 3 rings (SSSR count). The van der Waals surface area contributed by atoms with Gasteiger partial charge in [0.1, 0.15) is 17.6 Å². The second-order valence-electron chi connectivity index (χ2n) is 7.93. The molecule has 3 atom stereocenters. The van der Waals surface area contributed by atoms with Crippen LogP contribution in [-0.4, -0.2) is 51.8 Å². The first-order chi connectivity index (χ1) is 16.9.